The highest BCUT2D eigenvalue weighted by Crippen LogP contribution is 2.29. The summed E-state index contributed by atoms with van der Waals surface area (Å²) >= 11 is 0. The van der Waals surface area contributed by atoms with Crippen LogP contribution < -0.4 is 20.1 Å². The van der Waals surface area contributed by atoms with Gasteiger partial charge in [-0.1, -0.05) is 0 Å². The Labute approximate surface area is 129 Å². The zero-order chi connectivity index (χ0) is 16.1. The molecule has 0 aromatic heterocycles. The SMILES string of the molecule is COc1ccc(NC(=O)[C@H](C)N2CCNC(=O)C2)cc1OC. The molecule has 2 rings (SSSR count). The monoisotopic (exact) mass is 307 g/mol. The van der Waals surface area contributed by atoms with Crippen molar-refractivity contribution in [3.8, 4) is 11.5 Å². The Hall–Kier alpha value is -2.28. The molecule has 7 heteroatoms. The quantitative estimate of drug-likeness (QED) is 0.826. The topological polar surface area (TPSA) is 79.9 Å². The molecule has 0 aliphatic carbocycles. The van der Waals surface area contributed by atoms with Gasteiger partial charge in [-0.3, -0.25) is 14.5 Å². The minimum Gasteiger partial charge on any atom is -0.493 e. The molecule has 0 saturated carbocycles. The van der Waals surface area contributed by atoms with Crippen LogP contribution in [0.5, 0.6) is 11.5 Å². The third kappa shape index (κ3) is 3.67. The number of amides is 2. The molecule has 2 amide bonds. The van der Waals surface area contributed by atoms with Gasteiger partial charge >= 0.3 is 0 Å². The van der Waals surface area contributed by atoms with Gasteiger partial charge in [-0.15, -0.1) is 0 Å². The lowest BCUT2D eigenvalue weighted by atomic mass is 10.2. The Bertz CT molecular complexity index is 562. The number of hydrogen-bond acceptors (Lipinski definition) is 5. The maximum Gasteiger partial charge on any atom is 0.241 e. The zero-order valence-electron chi connectivity index (χ0n) is 13.0. The van der Waals surface area contributed by atoms with E-state index in [0.29, 0.717) is 30.3 Å². The molecule has 120 valence electrons. The second-order valence-corrected chi connectivity index (χ2v) is 5.06. The van der Waals surface area contributed by atoms with Crippen LogP contribution in [0.25, 0.3) is 0 Å². The van der Waals surface area contributed by atoms with Crippen molar-refractivity contribution in [1.82, 2.24) is 10.2 Å². The number of rotatable bonds is 5. The summed E-state index contributed by atoms with van der Waals surface area (Å²) in [6.07, 6.45) is 0. The van der Waals surface area contributed by atoms with Crippen LogP contribution in [0, 0.1) is 0 Å². The van der Waals surface area contributed by atoms with Crippen molar-refractivity contribution >= 4 is 17.5 Å². The Kier molecular flexibility index (Phi) is 5.21. The predicted octanol–water partition coefficient (Wildman–Crippen LogP) is 0.463. The number of nitrogens with zero attached hydrogens (tertiary/aromatic N) is 1. The summed E-state index contributed by atoms with van der Waals surface area (Å²) < 4.78 is 10.4. The van der Waals surface area contributed by atoms with E-state index in [1.165, 1.54) is 0 Å². The molecule has 1 atom stereocenters. The lowest BCUT2D eigenvalue weighted by Crippen LogP contribution is -2.53. The molecule has 1 saturated heterocycles. The van der Waals surface area contributed by atoms with Gasteiger partial charge in [0.2, 0.25) is 11.8 Å². The van der Waals surface area contributed by atoms with Gasteiger partial charge in [-0.2, -0.15) is 0 Å². The molecule has 1 fully saturated rings. The number of carbonyl (C=O) groups is 2. The van der Waals surface area contributed by atoms with E-state index in [2.05, 4.69) is 10.6 Å². The van der Waals surface area contributed by atoms with E-state index in [-0.39, 0.29) is 24.4 Å². The first-order valence-electron chi connectivity index (χ1n) is 7.08. The van der Waals surface area contributed by atoms with Gasteiger partial charge in [0.25, 0.3) is 0 Å². The van der Waals surface area contributed by atoms with Crippen LogP contribution in [0.1, 0.15) is 6.92 Å². The first-order chi connectivity index (χ1) is 10.5. The molecule has 0 radical (unpaired) electrons. The van der Waals surface area contributed by atoms with Gasteiger partial charge in [0, 0.05) is 24.8 Å². The van der Waals surface area contributed by atoms with Crippen molar-refractivity contribution in [3.05, 3.63) is 18.2 Å². The fourth-order valence-electron chi connectivity index (χ4n) is 2.32. The molecule has 0 spiro atoms. The van der Waals surface area contributed by atoms with Crippen LogP contribution in [0.2, 0.25) is 0 Å². The highest BCUT2D eigenvalue weighted by Gasteiger charge is 2.26. The second kappa shape index (κ2) is 7.13. The fourth-order valence-corrected chi connectivity index (χ4v) is 2.32. The predicted molar refractivity (Wildman–Crippen MR) is 82.2 cm³/mol. The molecular weight excluding hydrogens is 286 g/mol. The number of anilines is 1. The Morgan fingerprint density at radius 3 is 2.68 bits per heavy atom. The van der Waals surface area contributed by atoms with Crippen LogP contribution in [0.3, 0.4) is 0 Å². The van der Waals surface area contributed by atoms with E-state index in [1.54, 1.807) is 39.3 Å². The lowest BCUT2D eigenvalue weighted by molar-refractivity contribution is -0.127. The van der Waals surface area contributed by atoms with E-state index in [0.717, 1.165) is 0 Å². The maximum absolute atomic E-state index is 12.3. The number of benzene rings is 1. The highest BCUT2D eigenvalue weighted by molar-refractivity contribution is 5.95. The van der Waals surface area contributed by atoms with Gasteiger partial charge < -0.3 is 20.1 Å². The van der Waals surface area contributed by atoms with Crippen molar-refractivity contribution in [2.75, 3.05) is 39.2 Å². The van der Waals surface area contributed by atoms with Crippen LogP contribution in [-0.2, 0) is 9.59 Å². The third-order valence-electron chi connectivity index (χ3n) is 3.65. The van der Waals surface area contributed by atoms with E-state index >= 15 is 0 Å². The van der Waals surface area contributed by atoms with Gasteiger partial charge in [0.15, 0.2) is 11.5 Å². The molecule has 2 N–H and O–H groups in total. The van der Waals surface area contributed by atoms with Crippen LogP contribution in [0.15, 0.2) is 18.2 Å². The molecule has 1 heterocycles. The Morgan fingerprint density at radius 1 is 1.32 bits per heavy atom. The molecule has 1 aliphatic rings. The fraction of sp³-hybridized carbons (Fsp3) is 0.467. The van der Waals surface area contributed by atoms with E-state index < -0.39 is 0 Å². The van der Waals surface area contributed by atoms with E-state index in [9.17, 15) is 9.59 Å². The third-order valence-corrected chi connectivity index (χ3v) is 3.65. The number of carbonyl (C=O) groups excluding carboxylic acids is 2. The Balaban J connectivity index is 2.03. The van der Waals surface area contributed by atoms with Crippen molar-refractivity contribution in [3.63, 3.8) is 0 Å². The molecule has 7 nitrogen and oxygen atoms in total. The minimum atomic E-state index is -0.390. The standard InChI is InChI=1S/C15H21N3O4/c1-10(18-7-6-16-14(19)9-18)15(20)17-11-4-5-12(21-2)13(8-11)22-3/h4-5,8,10H,6-7,9H2,1-3H3,(H,16,19)(H,17,20)/t10-/m0/s1. The first-order valence-corrected chi connectivity index (χ1v) is 7.08. The summed E-state index contributed by atoms with van der Waals surface area (Å²) in [5, 5.41) is 5.57. The van der Waals surface area contributed by atoms with Crippen molar-refractivity contribution < 1.29 is 19.1 Å². The van der Waals surface area contributed by atoms with Crippen LogP contribution in [0.4, 0.5) is 5.69 Å². The second-order valence-electron chi connectivity index (χ2n) is 5.06. The maximum atomic E-state index is 12.3. The number of piperazine rings is 1. The average Bonchev–Trinajstić information content (AvgIpc) is 2.53. The molecule has 22 heavy (non-hydrogen) atoms. The molecule has 1 aliphatic heterocycles. The van der Waals surface area contributed by atoms with Gasteiger partial charge in [-0.05, 0) is 19.1 Å². The summed E-state index contributed by atoms with van der Waals surface area (Å²) in [4.78, 5) is 25.6. The van der Waals surface area contributed by atoms with Gasteiger partial charge in [-0.25, -0.2) is 0 Å². The summed E-state index contributed by atoms with van der Waals surface area (Å²) in [6.45, 7) is 3.24. The van der Waals surface area contributed by atoms with Crippen LogP contribution >= 0.6 is 0 Å². The van der Waals surface area contributed by atoms with Crippen LogP contribution in [-0.4, -0.2) is 56.6 Å². The molecular formula is C15H21N3O4. The highest BCUT2D eigenvalue weighted by atomic mass is 16.5. The van der Waals surface area contributed by atoms with Crippen molar-refractivity contribution in [2.45, 2.75) is 13.0 Å². The zero-order valence-corrected chi connectivity index (χ0v) is 13.0. The van der Waals surface area contributed by atoms with Gasteiger partial charge in [0.1, 0.15) is 0 Å². The van der Waals surface area contributed by atoms with Crippen molar-refractivity contribution in [1.29, 1.82) is 0 Å². The Morgan fingerprint density at radius 2 is 2.05 bits per heavy atom. The largest absolute Gasteiger partial charge is 0.493 e. The number of ether oxygens (including phenoxy) is 2. The molecule has 0 bridgehead atoms. The lowest BCUT2D eigenvalue weighted by Gasteiger charge is -2.31. The molecule has 1 aromatic carbocycles. The summed E-state index contributed by atoms with van der Waals surface area (Å²) in [5.41, 5.74) is 0.621. The normalized spacial score (nSPS) is 16.6. The van der Waals surface area contributed by atoms with E-state index in [1.807, 2.05) is 4.90 Å². The van der Waals surface area contributed by atoms with Gasteiger partial charge in [0.05, 0.1) is 26.8 Å². The molecule has 0 unspecified atom stereocenters. The number of nitrogens with one attached hydrogen (secondary N) is 2. The molecule has 1 aromatic rings. The van der Waals surface area contributed by atoms with E-state index in [4.69, 9.17) is 9.47 Å². The smallest absolute Gasteiger partial charge is 0.241 e. The minimum absolute atomic E-state index is 0.0583. The van der Waals surface area contributed by atoms with Crippen molar-refractivity contribution in [2.24, 2.45) is 0 Å². The average molecular weight is 307 g/mol. The summed E-state index contributed by atoms with van der Waals surface area (Å²) in [5.74, 6) is 0.922. The summed E-state index contributed by atoms with van der Waals surface area (Å²) in [7, 11) is 3.10. The number of hydrogen-bond donors (Lipinski definition) is 2. The first kappa shape index (κ1) is 16.1. The number of methoxy groups -OCH3 is 2. The summed E-state index contributed by atoms with van der Waals surface area (Å²) in [6, 6.07) is 4.79.